The Kier molecular flexibility index (Phi) is 4.64. The van der Waals surface area contributed by atoms with Gasteiger partial charge < -0.3 is 9.47 Å². The zero-order valence-electron chi connectivity index (χ0n) is 9.95. The zero-order chi connectivity index (χ0) is 11.2. The molecule has 0 radical (unpaired) electrons. The van der Waals surface area contributed by atoms with E-state index in [1.54, 1.807) is 0 Å². The van der Waals surface area contributed by atoms with Crippen molar-refractivity contribution in [2.75, 3.05) is 6.61 Å². The van der Waals surface area contributed by atoms with Crippen LogP contribution in [0.3, 0.4) is 0 Å². The van der Waals surface area contributed by atoms with E-state index >= 15 is 0 Å². The average Bonchev–Trinajstić information content (AvgIpc) is 2.72. The fourth-order valence-electron chi connectivity index (χ4n) is 2.58. The fourth-order valence-corrected chi connectivity index (χ4v) is 2.58. The van der Waals surface area contributed by atoms with E-state index in [1.165, 1.54) is 12.8 Å². The lowest BCUT2D eigenvalue weighted by Crippen LogP contribution is -2.10. The molecule has 2 bridgehead atoms. The number of fused-ring (bicyclic) bond motifs is 2. The maximum absolute atomic E-state index is 11.3. The monoisotopic (exact) mass is 226 g/mol. The van der Waals surface area contributed by atoms with Crippen LogP contribution in [0.25, 0.3) is 0 Å². The Morgan fingerprint density at radius 1 is 0.875 bits per heavy atom. The molecule has 3 heteroatoms. The van der Waals surface area contributed by atoms with Crippen molar-refractivity contribution in [1.82, 2.24) is 0 Å². The normalized spacial score (nSPS) is 33.4. The summed E-state index contributed by atoms with van der Waals surface area (Å²) in [5.74, 6) is -0.0228. The minimum Gasteiger partial charge on any atom is -0.466 e. The third-order valence-corrected chi connectivity index (χ3v) is 3.54. The Balaban J connectivity index is 1.78. The lowest BCUT2D eigenvalue weighted by molar-refractivity contribution is -0.143. The lowest BCUT2D eigenvalue weighted by atomic mass is 10.1. The van der Waals surface area contributed by atoms with Crippen molar-refractivity contribution in [2.45, 2.75) is 70.0 Å². The number of cyclic esters (lactones) is 1. The molecule has 2 aliphatic rings. The van der Waals surface area contributed by atoms with E-state index in [4.69, 9.17) is 9.47 Å². The Labute approximate surface area is 97.5 Å². The first-order valence-corrected chi connectivity index (χ1v) is 6.65. The molecule has 2 saturated heterocycles. The molecule has 0 aliphatic carbocycles. The highest BCUT2D eigenvalue weighted by atomic mass is 16.5. The van der Waals surface area contributed by atoms with Gasteiger partial charge in [0.15, 0.2) is 0 Å². The second kappa shape index (κ2) is 6.24. The summed E-state index contributed by atoms with van der Waals surface area (Å²) in [7, 11) is 0. The van der Waals surface area contributed by atoms with Crippen molar-refractivity contribution < 1.29 is 14.3 Å². The zero-order valence-corrected chi connectivity index (χ0v) is 9.95. The van der Waals surface area contributed by atoms with Crippen LogP contribution in [0.1, 0.15) is 57.8 Å². The quantitative estimate of drug-likeness (QED) is 0.596. The van der Waals surface area contributed by atoms with Crippen LogP contribution in [0.15, 0.2) is 0 Å². The molecule has 2 rings (SSSR count). The molecule has 16 heavy (non-hydrogen) atoms. The second-order valence-electron chi connectivity index (χ2n) is 4.92. The molecule has 2 atom stereocenters. The standard InChI is InChI=1S/C13H22O3/c14-13-7-2-1-5-11-8-9-12(16-11)6-3-4-10-15-13/h11-12H,1-10H2. The molecule has 3 nitrogen and oxygen atoms in total. The highest BCUT2D eigenvalue weighted by Crippen LogP contribution is 2.27. The van der Waals surface area contributed by atoms with Gasteiger partial charge in [0, 0.05) is 6.42 Å². The molecule has 92 valence electrons. The topological polar surface area (TPSA) is 35.5 Å². The van der Waals surface area contributed by atoms with Crippen LogP contribution in [0, 0.1) is 0 Å². The maximum atomic E-state index is 11.3. The van der Waals surface area contributed by atoms with E-state index in [2.05, 4.69) is 0 Å². The van der Waals surface area contributed by atoms with E-state index in [-0.39, 0.29) is 5.97 Å². The fraction of sp³-hybridized carbons (Fsp3) is 0.923. The first-order chi connectivity index (χ1) is 7.84. The number of ether oxygens (including phenoxy) is 2. The molecule has 0 aromatic rings. The Bertz CT molecular complexity index is 227. The van der Waals surface area contributed by atoms with Crippen LogP contribution in [0.4, 0.5) is 0 Å². The van der Waals surface area contributed by atoms with Crippen LogP contribution in [-0.2, 0) is 14.3 Å². The first kappa shape index (κ1) is 11.9. The van der Waals surface area contributed by atoms with Gasteiger partial charge in [0.25, 0.3) is 0 Å². The van der Waals surface area contributed by atoms with Crippen LogP contribution in [-0.4, -0.2) is 24.8 Å². The summed E-state index contributed by atoms with van der Waals surface area (Å²) in [6.07, 6.45) is 10.3. The van der Waals surface area contributed by atoms with E-state index in [0.717, 1.165) is 38.5 Å². The van der Waals surface area contributed by atoms with Crippen molar-refractivity contribution in [3.05, 3.63) is 0 Å². The highest BCUT2D eigenvalue weighted by Gasteiger charge is 2.24. The Morgan fingerprint density at radius 2 is 1.56 bits per heavy atom. The summed E-state index contributed by atoms with van der Waals surface area (Å²) in [6, 6.07) is 0. The molecular formula is C13H22O3. The molecule has 0 aromatic heterocycles. The van der Waals surface area contributed by atoms with E-state index in [0.29, 0.717) is 25.2 Å². The maximum Gasteiger partial charge on any atom is 0.305 e. The molecule has 2 heterocycles. The van der Waals surface area contributed by atoms with Gasteiger partial charge in [-0.15, -0.1) is 0 Å². The minimum atomic E-state index is -0.0228. The van der Waals surface area contributed by atoms with Gasteiger partial charge in [0.05, 0.1) is 18.8 Å². The van der Waals surface area contributed by atoms with Crippen molar-refractivity contribution in [3.63, 3.8) is 0 Å². The lowest BCUT2D eigenvalue weighted by Gasteiger charge is -2.12. The smallest absolute Gasteiger partial charge is 0.305 e. The van der Waals surface area contributed by atoms with Crippen LogP contribution in [0.2, 0.25) is 0 Å². The van der Waals surface area contributed by atoms with Gasteiger partial charge in [-0.25, -0.2) is 0 Å². The Hall–Kier alpha value is -0.570. The largest absolute Gasteiger partial charge is 0.466 e. The number of carbonyl (C=O) groups excluding carboxylic acids is 1. The molecule has 2 unspecified atom stereocenters. The van der Waals surface area contributed by atoms with E-state index in [9.17, 15) is 4.79 Å². The summed E-state index contributed by atoms with van der Waals surface area (Å²) in [5, 5.41) is 0. The number of rotatable bonds is 0. The summed E-state index contributed by atoms with van der Waals surface area (Å²) in [5.41, 5.74) is 0. The van der Waals surface area contributed by atoms with Gasteiger partial charge in [-0.2, -0.15) is 0 Å². The number of esters is 1. The van der Waals surface area contributed by atoms with E-state index < -0.39 is 0 Å². The van der Waals surface area contributed by atoms with Crippen LogP contribution >= 0.6 is 0 Å². The molecule has 0 spiro atoms. The summed E-state index contributed by atoms with van der Waals surface area (Å²) >= 11 is 0. The molecule has 0 aromatic carbocycles. The third kappa shape index (κ3) is 3.78. The van der Waals surface area contributed by atoms with Crippen molar-refractivity contribution in [2.24, 2.45) is 0 Å². The average molecular weight is 226 g/mol. The van der Waals surface area contributed by atoms with Gasteiger partial charge >= 0.3 is 5.97 Å². The second-order valence-corrected chi connectivity index (χ2v) is 4.92. The van der Waals surface area contributed by atoms with Crippen LogP contribution < -0.4 is 0 Å². The SMILES string of the molecule is O=C1CCCCC2CCC(CCCCO1)O2. The molecule has 0 amide bonds. The van der Waals surface area contributed by atoms with Crippen molar-refractivity contribution in [1.29, 1.82) is 0 Å². The summed E-state index contributed by atoms with van der Waals surface area (Å²) < 4.78 is 11.1. The first-order valence-electron chi connectivity index (χ1n) is 6.65. The van der Waals surface area contributed by atoms with Gasteiger partial charge in [-0.3, -0.25) is 4.79 Å². The highest BCUT2D eigenvalue weighted by molar-refractivity contribution is 5.69. The minimum absolute atomic E-state index is 0.0228. The van der Waals surface area contributed by atoms with Gasteiger partial charge in [-0.1, -0.05) is 6.42 Å². The summed E-state index contributed by atoms with van der Waals surface area (Å²) in [6.45, 7) is 0.592. The predicted molar refractivity (Wildman–Crippen MR) is 61.2 cm³/mol. The molecular weight excluding hydrogens is 204 g/mol. The van der Waals surface area contributed by atoms with Gasteiger partial charge in [0.2, 0.25) is 0 Å². The molecule has 0 saturated carbocycles. The number of hydrogen-bond donors (Lipinski definition) is 0. The van der Waals surface area contributed by atoms with E-state index in [1.807, 2.05) is 0 Å². The summed E-state index contributed by atoms with van der Waals surface area (Å²) in [4.78, 5) is 11.3. The molecule has 2 fully saturated rings. The molecule has 2 aliphatic heterocycles. The number of carbonyl (C=O) groups is 1. The van der Waals surface area contributed by atoms with Gasteiger partial charge in [-0.05, 0) is 44.9 Å². The third-order valence-electron chi connectivity index (χ3n) is 3.54. The van der Waals surface area contributed by atoms with Crippen molar-refractivity contribution >= 4 is 5.97 Å². The van der Waals surface area contributed by atoms with Crippen molar-refractivity contribution in [3.8, 4) is 0 Å². The Morgan fingerprint density at radius 3 is 2.31 bits per heavy atom. The predicted octanol–water partition coefficient (Wildman–Crippen LogP) is 2.82. The number of hydrogen-bond acceptors (Lipinski definition) is 3. The van der Waals surface area contributed by atoms with Crippen LogP contribution in [0.5, 0.6) is 0 Å². The molecule has 0 N–H and O–H groups in total. The van der Waals surface area contributed by atoms with Gasteiger partial charge in [0.1, 0.15) is 0 Å².